The molecule has 0 saturated carbocycles. The van der Waals surface area contributed by atoms with Crippen molar-refractivity contribution >= 4 is 17.8 Å². The molecule has 0 unspecified atom stereocenters. The zero-order chi connectivity index (χ0) is 16.1. The number of hydrogen-bond acceptors (Lipinski definition) is 5. The largest absolute Gasteiger partial charge is 0.369 e. The van der Waals surface area contributed by atoms with E-state index < -0.39 is 0 Å². The molecule has 0 spiro atoms. The quantitative estimate of drug-likeness (QED) is 0.819. The second-order valence-corrected chi connectivity index (χ2v) is 5.80. The summed E-state index contributed by atoms with van der Waals surface area (Å²) in [6, 6.07) is 9.81. The molecule has 1 aromatic carbocycles. The lowest BCUT2D eigenvalue weighted by atomic mass is 10.2. The number of aldehydes is 1. The number of nitrogens with one attached hydrogen (secondary N) is 1. The molecule has 0 radical (unpaired) electrons. The van der Waals surface area contributed by atoms with Crippen molar-refractivity contribution in [2.45, 2.75) is 0 Å². The van der Waals surface area contributed by atoms with Gasteiger partial charge in [-0.1, -0.05) is 0 Å². The van der Waals surface area contributed by atoms with Gasteiger partial charge in [0.25, 0.3) is 0 Å². The van der Waals surface area contributed by atoms with Crippen molar-refractivity contribution in [3.8, 4) is 0 Å². The summed E-state index contributed by atoms with van der Waals surface area (Å²) in [5.41, 5.74) is 1.93. The fourth-order valence-corrected chi connectivity index (χ4v) is 2.88. The zero-order valence-corrected chi connectivity index (χ0v) is 13.5. The van der Waals surface area contributed by atoms with E-state index >= 15 is 0 Å². The predicted molar refractivity (Wildman–Crippen MR) is 92.2 cm³/mol. The minimum Gasteiger partial charge on any atom is -0.369 e. The molecule has 1 saturated heterocycles. The normalized spacial score (nSPS) is 15.6. The topological polar surface area (TPSA) is 53.4 Å². The van der Waals surface area contributed by atoms with Crippen LogP contribution in [0.4, 0.5) is 11.5 Å². The van der Waals surface area contributed by atoms with Crippen LogP contribution in [-0.2, 0) is 7.05 Å². The molecule has 0 aliphatic carbocycles. The number of aryl methyl sites for hydroxylation is 1. The van der Waals surface area contributed by atoms with Crippen molar-refractivity contribution < 1.29 is 4.79 Å². The maximum Gasteiger partial charge on any atom is 0.150 e. The van der Waals surface area contributed by atoms with Crippen LogP contribution >= 0.6 is 0 Å². The van der Waals surface area contributed by atoms with E-state index in [-0.39, 0.29) is 0 Å². The summed E-state index contributed by atoms with van der Waals surface area (Å²) in [5, 5.41) is 7.56. The van der Waals surface area contributed by atoms with Gasteiger partial charge < -0.3 is 10.2 Å². The molecule has 23 heavy (non-hydrogen) atoms. The molecule has 1 fully saturated rings. The Kier molecular flexibility index (Phi) is 4.92. The molecule has 6 heteroatoms. The van der Waals surface area contributed by atoms with Crippen LogP contribution in [0.1, 0.15) is 10.4 Å². The van der Waals surface area contributed by atoms with Crippen LogP contribution in [0, 0.1) is 0 Å². The van der Waals surface area contributed by atoms with Crippen LogP contribution in [0.15, 0.2) is 36.5 Å². The molecule has 0 bridgehead atoms. The summed E-state index contributed by atoms with van der Waals surface area (Å²) in [5.74, 6) is 1.05. The molecule has 0 atom stereocenters. The number of hydrogen-bond donors (Lipinski definition) is 1. The molecule has 1 aliphatic heterocycles. The van der Waals surface area contributed by atoms with Gasteiger partial charge in [-0.2, -0.15) is 5.10 Å². The third kappa shape index (κ3) is 3.90. The number of benzene rings is 1. The van der Waals surface area contributed by atoms with Gasteiger partial charge in [0.15, 0.2) is 0 Å². The Balaban J connectivity index is 1.43. The fourth-order valence-electron chi connectivity index (χ4n) is 2.88. The third-order valence-corrected chi connectivity index (χ3v) is 4.32. The van der Waals surface area contributed by atoms with Crippen LogP contribution in [0.5, 0.6) is 0 Å². The van der Waals surface area contributed by atoms with Gasteiger partial charge in [0.2, 0.25) is 0 Å². The van der Waals surface area contributed by atoms with Crippen molar-refractivity contribution in [2.24, 2.45) is 7.05 Å². The van der Waals surface area contributed by atoms with Gasteiger partial charge in [-0.25, -0.2) is 0 Å². The summed E-state index contributed by atoms with van der Waals surface area (Å²) in [7, 11) is 1.94. The van der Waals surface area contributed by atoms with E-state index in [9.17, 15) is 4.79 Å². The van der Waals surface area contributed by atoms with Gasteiger partial charge in [-0.3, -0.25) is 14.4 Å². The van der Waals surface area contributed by atoms with Crippen molar-refractivity contribution in [3.63, 3.8) is 0 Å². The molecule has 1 aromatic heterocycles. The minimum absolute atomic E-state index is 0.730. The number of nitrogens with zero attached hydrogens (tertiary/aromatic N) is 4. The van der Waals surface area contributed by atoms with Crippen molar-refractivity contribution in [1.29, 1.82) is 0 Å². The first-order valence-electron chi connectivity index (χ1n) is 8.01. The first-order chi connectivity index (χ1) is 11.3. The van der Waals surface area contributed by atoms with Crippen LogP contribution < -0.4 is 10.2 Å². The molecule has 3 rings (SSSR count). The molecule has 0 amide bonds. The first kappa shape index (κ1) is 15.6. The van der Waals surface area contributed by atoms with Crippen LogP contribution in [0.3, 0.4) is 0 Å². The Morgan fingerprint density at radius 1 is 1.13 bits per heavy atom. The second kappa shape index (κ2) is 7.28. The second-order valence-electron chi connectivity index (χ2n) is 5.80. The lowest BCUT2D eigenvalue weighted by Crippen LogP contribution is -2.47. The number of aromatic nitrogens is 2. The van der Waals surface area contributed by atoms with E-state index in [1.165, 1.54) is 5.69 Å². The lowest BCUT2D eigenvalue weighted by molar-refractivity contribution is 0.112. The van der Waals surface area contributed by atoms with E-state index in [1.807, 2.05) is 42.1 Å². The standard InChI is InChI=1S/C17H23N5O/c1-20-17(6-7-19-20)18-8-9-21-10-12-22(13-11-21)16-4-2-15(14-23)3-5-16/h2-7,14,18H,8-13H2,1H3. The number of anilines is 2. The smallest absolute Gasteiger partial charge is 0.150 e. The predicted octanol–water partition coefficient (Wildman–Crippen LogP) is 1.47. The maximum absolute atomic E-state index is 10.7. The SMILES string of the molecule is Cn1nccc1NCCN1CCN(c2ccc(C=O)cc2)CC1. The summed E-state index contributed by atoms with van der Waals surface area (Å²) in [4.78, 5) is 15.6. The summed E-state index contributed by atoms with van der Waals surface area (Å²) in [6.45, 7) is 6.11. The summed E-state index contributed by atoms with van der Waals surface area (Å²) < 4.78 is 1.85. The fraction of sp³-hybridized carbons (Fsp3) is 0.412. The Morgan fingerprint density at radius 2 is 1.87 bits per heavy atom. The van der Waals surface area contributed by atoms with Crippen LogP contribution in [0.2, 0.25) is 0 Å². The van der Waals surface area contributed by atoms with Gasteiger partial charge >= 0.3 is 0 Å². The van der Waals surface area contributed by atoms with Gasteiger partial charge in [0, 0.05) is 63.6 Å². The number of piperazine rings is 1. The molecular weight excluding hydrogens is 290 g/mol. The molecule has 122 valence electrons. The molecular formula is C17H23N5O. The summed E-state index contributed by atoms with van der Waals surface area (Å²) in [6.07, 6.45) is 2.69. The maximum atomic E-state index is 10.7. The molecule has 2 aromatic rings. The van der Waals surface area contributed by atoms with Gasteiger partial charge in [0.05, 0.1) is 6.20 Å². The Labute approximate surface area is 136 Å². The first-order valence-corrected chi connectivity index (χ1v) is 8.01. The monoisotopic (exact) mass is 313 g/mol. The highest BCUT2D eigenvalue weighted by molar-refractivity contribution is 5.75. The van der Waals surface area contributed by atoms with Crippen LogP contribution in [-0.4, -0.2) is 60.2 Å². The number of rotatable bonds is 6. The van der Waals surface area contributed by atoms with Crippen molar-refractivity contribution in [1.82, 2.24) is 14.7 Å². The van der Waals surface area contributed by atoms with E-state index in [0.29, 0.717) is 0 Å². The summed E-state index contributed by atoms with van der Waals surface area (Å²) >= 11 is 0. The van der Waals surface area contributed by atoms with Crippen molar-refractivity contribution in [3.05, 3.63) is 42.1 Å². The highest BCUT2D eigenvalue weighted by Gasteiger charge is 2.16. The molecule has 1 aliphatic rings. The average molecular weight is 313 g/mol. The lowest BCUT2D eigenvalue weighted by Gasteiger charge is -2.36. The van der Waals surface area contributed by atoms with E-state index in [4.69, 9.17) is 0 Å². The Bertz CT molecular complexity index is 629. The third-order valence-electron chi connectivity index (χ3n) is 4.32. The zero-order valence-electron chi connectivity index (χ0n) is 13.5. The Morgan fingerprint density at radius 3 is 2.48 bits per heavy atom. The van der Waals surface area contributed by atoms with Crippen LogP contribution in [0.25, 0.3) is 0 Å². The van der Waals surface area contributed by atoms with E-state index in [2.05, 4.69) is 20.2 Å². The highest BCUT2D eigenvalue weighted by atomic mass is 16.1. The Hall–Kier alpha value is -2.34. The number of carbonyl (C=O) groups excluding carboxylic acids is 1. The van der Waals surface area contributed by atoms with E-state index in [0.717, 1.165) is 56.9 Å². The minimum atomic E-state index is 0.730. The van der Waals surface area contributed by atoms with Gasteiger partial charge in [0.1, 0.15) is 12.1 Å². The molecule has 2 heterocycles. The highest BCUT2D eigenvalue weighted by Crippen LogP contribution is 2.16. The number of carbonyl (C=O) groups is 1. The van der Waals surface area contributed by atoms with Crippen molar-refractivity contribution in [2.75, 3.05) is 49.5 Å². The van der Waals surface area contributed by atoms with Gasteiger partial charge in [-0.15, -0.1) is 0 Å². The average Bonchev–Trinajstić information content (AvgIpc) is 3.01. The van der Waals surface area contributed by atoms with Gasteiger partial charge in [-0.05, 0) is 24.3 Å². The van der Waals surface area contributed by atoms with E-state index in [1.54, 1.807) is 6.20 Å². The molecule has 1 N–H and O–H groups in total. The molecule has 6 nitrogen and oxygen atoms in total.